The number of nitrogens with one attached hydrogen (secondary N) is 1. The summed E-state index contributed by atoms with van der Waals surface area (Å²) >= 11 is 0. The Morgan fingerprint density at radius 2 is 1.86 bits per heavy atom. The fourth-order valence-corrected chi connectivity index (χ4v) is 2.23. The van der Waals surface area contributed by atoms with Gasteiger partial charge in [0, 0.05) is 12.1 Å². The largest absolute Gasteiger partial charge is 0.492 e. The maximum atomic E-state index is 13.1. The molecule has 0 fully saturated rings. The normalized spacial score (nSPS) is 11.0. The molecule has 0 aromatic heterocycles. The number of alkyl halides is 2. The van der Waals surface area contributed by atoms with Crippen molar-refractivity contribution in [3.05, 3.63) is 59.7 Å². The van der Waals surface area contributed by atoms with E-state index in [4.69, 9.17) is 9.47 Å². The van der Waals surface area contributed by atoms with Gasteiger partial charge in [0.05, 0.1) is 13.2 Å². The van der Waals surface area contributed by atoms with Gasteiger partial charge in [0.2, 0.25) is 5.91 Å². The standard InChI is InChI=1S/C20H19F4NO4/c1-2-27-18-11-13(3-7-17(18)29-20(23)24)4-8-19(26)25-9-10-28-14-5-6-15(21)16(22)12-14/h3-8,11-12,20H,2,9-10H2,1H3,(H,25,26). The molecular formula is C20H19F4NO4. The van der Waals surface area contributed by atoms with Crippen LogP contribution in [0.1, 0.15) is 12.5 Å². The van der Waals surface area contributed by atoms with Crippen LogP contribution in [0.2, 0.25) is 0 Å². The molecule has 0 spiro atoms. The highest BCUT2D eigenvalue weighted by Crippen LogP contribution is 2.30. The Labute approximate surface area is 164 Å². The zero-order valence-corrected chi connectivity index (χ0v) is 15.5. The first-order valence-corrected chi connectivity index (χ1v) is 8.64. The van der Waals surface area contributed by atoms with E-state index in [0.717, 1.165) is 12.1 Å². The van der Waals surface area contributed by atoms with E-state index < -0.39 is 24.2 Å². The summed E-state index contributed by atoms with van der Waals surface area (Å²) in [4.78, 5) is 11.8. The first kappa shape index (κ1) is 22.1. The molecule has 0 radical (unpaired) electrons. The van der Waals surface area contributed by atoms with E-state index in [1.165, 1.54) is 36.4 Å². The van der Waals surface area contributed by atoms with E-state index >= 15 is 0 Å². The van der Waals surface area contributed by atoms with Crippen molar-refractivity contribution in [2.75, 3.05) is 19.8 Å². The van der Waals surface area contributed by atoms with Crippen LogP contribution in [-0.4, -0.2) is 32.3 Å². The summed E-state index contributed by atoms with van der Waals surface area (Å²) in [7, 11) is 0. The number of hydrogen-bond donors (Lipinski definition) is 1. The minimum Gasteiger partial charge on any atom is -0.492 e. The monoisotopic (exact) mass is 413 g/mol. The van der Waals surface area contributed by atoms with Gasteiger partial charge in [-0.2, -0.15) is 8.78 Å². The lowest BCUT2D eigenvalue weighted by Gasteiger charge is -2.11. The number of ether oxygens (including phenoxy) is 3. The molecule has 0 aliphatic heterocycles. The summed E-state index contributed by atoms with van der Waals surface area (Å²) in [6.07, 6.45) is 2.72. The average molecular weight is 413 g/mol. The van der Waals surface area contributed by atoms with Crippen LogP contribution in [0.4, 0.5) is 17.6 Å². The Hall–Kier alpha value is -3.23. The summed E-state index contributed by atoms with van der Waals surface area (Å²) in [5.74, 6) is -2.25. The van der Waals surface area contributed by atoms with E-state index in [1.807, 2.05) is 0 Å². The van der Waals surface area contributed by atoms with Crippen molar-refractivity contribution < 1.29 is 36.6 Å². The van der Waals surface area contributed by atoms with E-state index in [-0.39, 0.29) is 37.0 Å². The second kappa shape index (κ2) is 10.9. The number of benzene rings is 2. The summed E-state index contributed by atoms with van der Waals surface area (Å²) < 4.78 is 65.5. The quantitative estimate of drug-likeness (QED) is 0.361. The Morgan fingerprint density at radius 1 is 1.07 bits per heavy atom. The maximum Gasteiger partial charge on any atom is 0.387 e. The van der Waals surface area contributed by atoms with Gasteiger partial charge in [-0.3, -0.25) is 4.79 Å². The van der Waals surface area contributed by atoms with Gasteiger partial charge in [0.25, 0.3) is 0 Å². The maximum absolute atomic E-state index is 13.1. The lowest BCUT2D eigenvalue weighted by Crippen LogP contribution is -2.26. The van der Waals surface area contributed by atoms with Crippen LogP contribution in [0.15, 0.2) is 42.5 Å². The van der Waals surface area contributed by atoms with Crippen molar-refractivity contribution in [2.45, 2.75) is 13.5 Å². The van der Waals surface area contributed by atoms with Crippen molar-refractivity contribution >= 4 is 12.0 Å². The van der Waals surface area contributed by atoms with Crippen molar-refractivity contribution in [1.82, 2.24) is 5.32 Å². The molecule has 0 saturated carbocycles. The van der Waals surface area contributed by atoms with Crippen molar-refractivity contribution in [2.24, 2.45) is 0 Å². The van der Waals surface area contributed by atoms with Crippen LogP contribution in [0.5, 0.6) is 17.2 Å². The van der Waals surface area contributed by atoms with Crippen LogP contribution < -0.4 is 19.5 Å². The Bertz CT molecular complexity index is 858. The number of amides is 1. The Morgan fingerprint density at radius 3 is 2.55 bits per heavy atom. The molecule has 1 N–H and O–H groups in total. The number of carbonyl (C=O) groups is 1. The SMILES string of the molecule is CCOc1cc(C=CC(=O)NCCOc2ccc(F)c(F)c2)ccc1OC(F)F. The molecule has 5 nitrogen and oxygen atoms in total. The predicted octanol–water partition coefficient (Wildman–Crippen LogP) is 4.17. The highest BCUT2D eigenvalue weighted by molar-refractivity contribution is 5.91. The molecule has 0 saturated heterocycles. The van der Waals surface area contributed by atoms with Crippen molar-refractivity contribution in [1.29, 1.82) is 0 Å². The minimum absolute atomic E-state index is 0.0544. The second-order valence-corrected chi connectivity index (χ2v) is 5.57. The van der Waals surface area contributed by atoms with E-state index in [9.17, 15) is 22.4 Å². The minimum atomic E-state index is -2.98. The van der Waals surface area contributed by atoms with Gasteiger partial charge >= 0.3 is 6.61 Å². The smallest absolute Gasteiger partial charge is 0.387 e. The molecule has 2 aromatic carbocycles. The fraction of sp³-hybridized carbons (Fsp3) is 0.250. The third-order valence-corrected chi connectivity index (χ3v) is 3.47. The first-order chi connectivity index (χ1) is 13.9. The molecule has 0 atom stereocenters. The zero-order chi connectivity index (χ0) is 21.2. The topological polar surface area (TPSA) is 56.8 Å². The third-order valence-electron chi connectivity index (χ3n) is 3.47. The molecule has 29 heavy (non-hydrogen) atoms. The van der Waals surface area contributed by atoms with Gasteiger partial charge < -0.3 is 19.5 Å². The molecule has 2 rings (SSSR count). The van der Waals surface area contributed by atoms with Crippen LogP contribution in [-0.2, 0) is 4.79 Å². The molecule has 0 bridgehead atoms. The van der Waals surface area contributed by atoms with Crippen LogP contribution in [0.3, 0.4) is 0 Å². The lowest BCUT2D eigenvalue weighted by molar-refractivity contribution is -0.116. The van der Waals surface area contributed by atoms with Gasteiger partial charge in [0.15, 0.2) is 23.1 Å². The van der Waals surface area contributed by atoms with Gasteiger partial charge in [-0.25, -0.2) is 8.78 Å². The van der Waals surface area contributed by atoms with Crippen LogP contribution in [0, 0.1) is 11.6 Å². The molecule has 2 aromatic rings. The van der Waals surface area contributed by atoms with Gasteiger partial charge in [-0.05, 0) is 42.8 Å². The molecule has 0 aliphatic carbocycles. The van der Waals surface area contributed by atoms with E-state index in [0.29, 0.717) is 5.56 Å². The first-order valence-electron chi connectivity index (χ1n) is 8.64. The summed E-state index contributed by atoms with van der Waals surface area (Å²) in [5.41, 5.74) is 0.545. The molecule has 9 heteroatoms. The molecule has 0 unspecified atom stereocenters. The Balaban J connectivity index is 1.84. The molecule has 0 heterocycles. The highest BCUT2D eigenvalue weighted by Gasteiger charge is 2.11. The van der Waals surface area contributed by atoms with Gasteiger partial charge in [0.1, 0.15) is 12.4 Å². The van der Waals surface area contributed by atoms with Crippen molar-refractivity contribution in [3.8, 4) is 17.2 Å². The summed E-state index contributed by atoms with van der Waals surface area (Å²) in [6, 6.07) is 7.42. The zero-order valence-electron chi connectivity index (χ0n) is 15.5. The van der Waals surface area contributed by atoms with Gasteiger partial charge in [-0.15, -0.1) is 0 Å². The molecule has 1 amide bonds. The van der Waals surface area contributed by atoms with Crippen LogP contribution >= 0.6 is 0 Å². The fourth-order valence-electron chi connectivity index (χ4n) is 2.23. The van der Waals surface area contributed by atoms with E-state index in [1.54, 1.807) is 6.92 Å². The number of rotatable bonds is 10. The average Bonchev–Trinajstić information content (AvgIpc) is 2.68. The summed E-state index contributed by atoms with van der Waals surface area (Å²) in [5, 5.41) is 2.55. The Kier molecular flexibility index (Phi) is 8.32. The number of hydrogen-bond acceptors (Lipinski definition) is 4. The number of carbonyl (C=O) groups excluding carboxylic acids is 1. The third kappa shape index (κ3) is 7.36. The lowest BCUT2D eigenvalue weighted by atomic mass is 10.2. The molecular weight excluding hydrogens is 394 g/mol. The second-order valence-electron chi connectivity index (χ2n) is 5.57. The molecule has 0 aliphatic rings. The van der Waals surface area contributed by atoms with Gasteiger partial charge in [-0.1, -0.05) is 6.07 Å². The van der Waals surface area contributed by atoms with Crippen molar-refractivity contribution in [3.63, 3.8) is 0 Å². The molecule has 156 valence electrons. The number of halogens is 4. The predicted molar refractivity (Wildman–Crippen MR) is 98.1 cm³/mol. The summed E-state index contributed by atoms with van der Waals surface area (Å²) in [6.45, 7) is -0.836. The van der Waals surface area contributed by atoms with Crippen LogP contribution in [0.25, 0.3) is 6.08 Å². The highest BCUT2D eigenvalue weighted by atomic mass is 19.3. The van der Waals surface area contributed by atoms with E-state index in [2.05, 4.69) is 10.1 Å².